The van der Waals surface area contributed by atoms with Gasteiger partial charge in [-0.25, -0.2) is 0 Å². The van der Waals surface area contributed by atoms with Crippen LogP contribution in [0.3, 0.4) is 0 Å². The van der Waals surface area contributed by atoms with Gasteiger partial charge in [0.1, 0.15) is 0 Å². The van der Waals surface area contributed by atoms with E-state index in [0.29, 0.717) is 0 Å². The molecule has 0 aliphatic heterocycles. The molecule has 1 N–H and O–H groups in total. The average molecular weight is 204 g/mol. The van der Waals surface area contributed by atoms with Crippen LogP contribution < -0.4 is 0 Å². The van der Waals surface area contributed by atoms with Crippen LogP contribution in [-0.4, -0.2) is 11.2 Å². The van der Waals surface area contributed by atoms with Crippen molar-refractivity contribution >= 4 is 0 Å². The summed E-state index contributed by atoms with van der Waals surface area (Å²) in [5.74, 6) is 0. The number of benzene rings is 1. The normalized spacial score (nSPS) is 19.9. The zero-order valence-corrected chi connectivity index (χ0v) is 9.45. The molecule has 0 bridgehead atoms. The maximum Gasteiger partial charge on any atom is 0.0636 e. The highest BCUT2D eigenvalue weighted by molar-refractivity contribution is 5.32. The number of hydrogen-bond donors (Lipinski definition) is 1. The van der Waals surface area contributed by atoms with E-state index in [-0.39, 0.29) is 11.5 Å². The molecule has 1 aromatic rings. The molecule has 1 nitrogen and oxygen atoms in total. The monoisotopic (exact) mass is 204 g/mol. The Morgan fingerprint density at radius 2 is 1.93 bits per heavy atom. The van der Waals surface area contributed by atoms with Crippen LogP contribution in [0.25, 0.3) is 0 Å². The van der Waals surface area contributed by atoms with Crippen molar-refractivity contribution in [2.75, 3.05) is 0 Å². The second-order valence-electron chi connectivity index (χ2n) is 4.68. The van der Waals surface area contributed by atoms with E-state index in [0.717, 1.165) is 25.7 Å². The van der Waals surface area contributed by atoms with Gasteiger partial charge in [0.25, 0.3) is 0 Å². The standard InChI is InChI=1S/C14H20O/c1-2-3-9-13(15)14(10-11-14)12-7-5-4-6-8-12/h4-8,13,15H,2-3,9-11H2,1H3. The van der Waals surface area contributed by atoms with Gasteiger partial charge in [-0.15, -0.1) is 0 Å². The summed E-state index contributed by atoms with van der Waals surface area (Å²) in [5.41, 5.74) is 1.43. The quantitative estimate of drug-likeness (QED) is 0.780. The van der Waals surface area contributed by atoms with Gasteiger partial charge in [0.05, 0.1) is 6.10 Å². The maximum absolute atomic E-state index is 10.2. The van der Waals surface area contributed by atoms with Gasteiger partial charge in [-0.3, -0.25) is 0 Å². The predicted octanol–water partition coefficient (Wildman–Crippen LogP) is 3.27. The molecule has 0 saturated heterocycles. The number of unbranched alkanes of at least 4 members (excludes halogenated alkanes) is 1. The van der Waals surface area contributed by atoms with Crippen LogP contribution in [0.4, 0.5) is 0 Å². The van der Waals surface area contributed by atoms with Crippen molar-refractivity contribution in [3.8, 4) is 0 Å². The van der Waals surface area contributed by atoms with Crippen LogP contribution in [0, 0.1) is 0 Å². The third-order valence-corrected chi connectivity index (χ3v) is 3.61. The Kier molecular flexibility index (Phi) is 3.11. The van der Waals surface area contributed by atoms with E-state index < -0.39 is 0 Å². The van der Waals surface area contributed by atoms with Crippen molar-refractivity contribution in [2.24, 2.45) is 0 Å². The van der Waals surface area contributed by atoms with Gasteiger partial charge in [-0.05, 0) is 24.8 Å². The lowest BCUT2D eigenvalue weighted by Gasteiger charge is -2.22. The molecule has 1 aromatic carbocycles. The number of rotatable bonds is 5. The molecule has 82 valence electrons. The Morgan fingerprint density at radius 3 is 2.47 bits per heavy atom. The number of aliphatic hydroxyl groups is 1. The molecule has 0 spiro atoms. The molecule has 0 aromatic heterocycles. The van der Waals surface area contributed by atoms with Crippen LogP contribution in [0.5, 0.6) is 0 Å². The second-order valence-corrected chi connectivity index (χ2v) is 4.68. The van der Waals surface area contributed by atoms with Crippen LogP contribution in [0.1, 0.15) is 44.6 Å². The summed E-state index contributed by atoms with van der Waals surface area (Å²) in [6.07, 6.45) is 5.42. The van der Waals surface area contributed by atoms with E-state index in [2.05, 4.69) is 31.2 Å². The summed E-state index contributed by atoms with van der Waals surface area (Å²) < 4.78 is 0. The van der Waals surface area contributed by atoms with E-state index >= 15 is 0 Å². The van der Waals surface area contributed by atoms with Gasteiger partial charge in [0.15, 0.2) is 0 Å². The molecular weight excluding hydrogens is 184 g/mol. The molecule has 0 heterocycles. The minimum absolute atomic E-state index is 0.108. The van der Waals surface area contributed by atoms with Crippen molar-refractivity contribution in [1.82, 2.24) is 0 Å². The fourth-order valence-corrected chi connectivity index (χ4v) is 2.39. The molecule has 1 aliphatic rings. The van der Waals surface area contributed by atoms with E-state index in [1.165, 1.54) is 12.0 Å². The SMILES string of the molecule is CCCCC(O)C1(c2ccccc2)CC1. The first-order valence-corrected chi connectivity index (χ1v) is 6.03. The van der Waals surface area contributed by atoms with Gasteiger partial charge < -0.3 is 5.11 Å². The van der Waals surface area contributed by atoms with E-state index in [9.17, 15) is 5.11 Å². The predicted molar refractivity (Wildman–Crippen MR) is 62.9 cm³/mol. The van der Waals surface area contributed by atoms with Gasteiger partial charge in [0, 0.05) is 5.41 Å². The molecule has 2 rings (SSSR count). The minimum atomic E-state index is -0.139. The van der Waals surface area contributed by atoms with Crippen molar-refractivity contribution in [1.29, 1.82) is 0 Å². The molecule has 1 fully saturated rings. The topological polar surface area (TPSA) is 20.2 Å². The summed E-state index contributed by atoms with van der Waals surface area (Å²) >= 11 is 0. The smallest absolute Gasteiger partial charge is 0.0636 e. The Morgan fingerprint density at radius 1 is 1.27 bits per heavy atom. The fraction of sp³-hybridized carbons (Fsp3) is 0.571. The van der Waals surface area contributed by atoms with Crippen molar-refractivity contribution in [3.63, 3.8) is 0 Å². The molecule has 0 amide bonds. The van der Waals surface area contributed by atoms with E-state index in [1.54, 1.807) is 0 Å². The average Bonchev–Trinajstić information content (AvgIpc) is 3.08. The van der Waals surface area contributed by atoms with E-state index in [4.69, 9.17) is 0 Å². The van der Waals surface area contributed by atoms with Crippen LogP contribution in [-0.2, 0) is 5.41 Å². The van der Waals surface area contributed by atoms with Gasteiger partial charge in [-0.1, -0.05) is 50.1 Å². The molecule has 15 heavy (non-hydrogen) atoms. The van der Waals surface area contributed by atoms with Gasteiger partial charge in [-0.2, -0.15) is 0 Å². The second kappa shape index (κ2) is 4.36. The summed E-state index contributed by atoms with van der Waals surface area (Å²) in [4.78, 5) is 0. The maximum atomic E-state index is 10.2. The van der Waals surface area contributed by atoms with Crippen molar-refractivity contribution in [2.45, 2.75) is 50.5 Å². The summed E-state index contributed by atoms with van der Waals surface area (Å²) in [6, 6.07) is 10.5. The Bertz CT molecular complexity index is 300. The zero-order chi connectivity index (χ0) is 10.7. The fourth-order valence-electron chi connectivity index (χ4n) is 2.39. The van der Waals surface area contributed by atoms with Crippen LogP contribution >= 0.6 is 0 Å². The Labute approximate surface area is 92.1 Å². The summed E-state index contributed by atoms with van der Waals surface area (Å²) in [7, 11) is 0. The zero-order valence-electron chi connectivity index (χ0n) is 9.45. The Hall–Kier alpha value is -0.820. The molecule has 1 heteroatoms. The summed E-state index contributed by atoms with van der Waals surface area (Å²) in [6.45, 7) is 2.18. The Balaban J connectivity index is 2.07. The molecule has 0 radical (unpaired) electrons. The first-order chi connectivity index (χ1) is 7.29. The number of aliphatic hydroxyl groups excluding tert-OH is 1. The lowest BCUT2D eigenvalue weighted by Crippen LogP contribution is -2.25. The molecule has 1 atom stereocenters. The van der Waals surface area contributed by atoms with Crippen molar-refractivity contribution < 1.29 is 5.11 Å². The first kappa shape index (κ1) is 10.7. The highest BCUT2D eigenvalue weighted by Gasteiger charge is 2.49. The third kappa shape index (κ3) is 2.07. The highest BCUT2D eigenvalue weighted by atomic mass is 16.3. The van der Waals surface area contributed by atoms with Crippen LogP contribution in [0.2, 0.25) is 0 Å². The largest absolute Gasteiger partial charge is 0.392 e. The molecule has 1 aliphatic carbocycles. The summed E-state index contributed by atoms with van der Waals surface area (Å²) in [5, 5.41) is 10.2. The lowest BCUT2D eigenvalue weighted by molar-refractivity contribution is 0.119. The van der Waals surface area contributed by atoms with Crippen molar-refractivity contribution in [3.05, 3.63) is 35.9 Å². The number of hydrogen-bond acceptors (Lipinski definition) is 1. The van der Waals surface area contributed by atoms with Gasteiger partial charge in [0.2, 0.25) is 0 Å². The third-order valence-electron chi connectivity index (χ3n) is 3.61. The first-order valence-electron chi connectivity index (χ1n) is 6.03. The lowest BCUT2D eigenvalue weighted by atomic mass is 9.87. The van der Waals surface area contributed by atoms with Crippen LogP contribution in [0.15, 0.2) is 30.3 Å². The minimum Gasteiger partial charge on any atom is -0.392 e. The molecule has 1 saturated carbocycles. The highest BCUT2D eigenvalue weighted by Crippen LogP contribution is 2.51. The van der Waals surface area contributed by atoms with Gasteiger partial charge >= 0.3 is 0 Å². The molecule has 1 unspecified atom stereocenters. The molecular formula is C14H20O. The van der Waals surface area contributed by atoms with E-state index in [1.807, 2.05) is 6.07 Å².